The first kappa shape index (κ1) is 12.0. The van der Waals surface area contributed by atoms with Crippen molar-refractivity contribution in [3.8, 4) is 0 Å². The summed E-state index contributed by atoms with van der Waals surface area (Å²) in [6, 6.07) is 0.198. The Bertz CT molecular complexity index is 158. The van der Waals surface area contributed by atoms with Gasteiger partial charge in [0.05, 0.1) is 12.7 Å². The summed E-state index contributed by atoms with van der Waals surface area (Å²) >= 11 is 0. The van der Waals surface area contributed by atoms with Crippen molar-refractivity contribution in [3.63, 3.8) is 0 Å². The molecule has 84 valence electrons. The molecule has 0 heterocycles. The maximum Gasteiger partial charge on any atom is 0.0623 e. The molecule has 0 bridgehead atoms. The van der Waals surface area contributed by atoms with Gasteiger partial charge in [-0.25, -0.2) is 0 Å². The van der Waals surface area contributed by atoms with Crippen molar-refractivity contribution < 1.29 is 4.74 Å². The van der Waals surface area contributed by atoms with Crippen molar-refractivity contribution in [3.05, 3.63) is 0 Å². The number of ether oxygens (including phenoxy) is 1. The summed E-state index contributed by atoms with van der Waals surface area (Å²) in [5.41, 5.74) is 5.95. The Hall–Kier alpha value is -0.0800. The van der Waals surface area contributed by atoms with Crippen molar-refractivity contribution >= 4 is 0 Å². The van der Waals surface area contributed by atoms with Crippen molar-refractivity contribution in [1.82, 2.24) is 0 Å². The molecule has 0 saturated heterocycles. The zero-order valence-electron chi connectivity index (χ0n) is 9.83. The van der Waals surface area contributed by atoms with E-state index >= 15 is 0 Å². The monoisotopic (exact) mass is 199 g/mol. The van der Waals surface area contributed by atoms with Crippen molar-refractivity contribution in [1.29, 1.82) is 0 Å². The second-order valence-corrected chi connectivity index (χ2v) is 5.04. The van der Waals surface area contributed by atoms with Gasteiger partial charge < -0.3 is 10.5 Å². The fourth-order valence-electron chi connectivity index (χ4n) is 1.96. The Morgan fingerprint density at radius 2 is 1.93 bits per heavy atom. The van der Waals surface area contributed by atoms with Crippen LogP contribution in [-0.4, -0.2) is 18.8 Å². The van der Waals surface area contributed by atoms with Crippen LogP contribution < -0.4 is 5.73 Å². The number of hydrogen-bond donors (Lipinski definition) is 1. The van der Waals surface area contributed by atoms with Gasteiger partial charge >= 0.3 is 0 Å². The van der Waals surface area contributed by atoms with Gasteiger partial charge in [0.1, 0.15) is 0 Å². The Kier molecular flexibility index (Phi) is 4.90. The van der Waals surface area contributed by atoms with Gasteiger partial charge in [-0.1, -0.05) is 33.6 Å². The molecule has 1 rings (SSSR count). The van der Waals surface area contributed by atoms with Gasteiger partial charge in [0.2, 0.25) is 0 Å². The molecule has 1 aliphatic carbocycles. The van der Waals surface area contributed by atoms with E-state index in [0.29, 0.717) is 12.0 Å². The van der Waals surface area contributed by atoms with E-state index in [1.807, 2.05) is 0 Å². The SMILES string of the molecule is CC(C)C(N)COC1CCCCC1C. The minimum atomic E-state index is 0.198. The van der Waals surface area contributed by atoms with Crippen LogP contribution in [0.5, 0.6) is 0 Å². The van der Waals surface area contributed by atoms with Crippen LogP contribution >= 0.6 is 0 Å². The molecule has 0 aromatic heterocycles. The van der Waals surface area contributed by atoms with Crippen molar-refractivity contribution in [2.75, 3.05) is 6.61 Å². The van der Waals surface area contributed by atoms with Crippen LogP contribution in [0.2, 0.25) is 0 Å². The first-order chi connectivity index (χ1) is 6.61. The second kappa shape index (κ2) is 5.72. The lowest BCUT2D eigenvalue weighted by atomic mass is 9.88. The van der Waals surface area contributed by atoms with Crippen LogP contribution in [0, 0.1) is 11.8 Å². The highest BCUT2D eigenvalue weighted by atomic mass is 16.5. The van der Waals surface area contributed by atoms with E-state index < -0.39 is 0 Å². The third kappa shape index (κ3) is 3.58. The van der Waals surface area contributed by atoms with Crippen molar-refractivity contribution in [2.24, 2.45) is 17.6 Å². The van der Waals surface area contributed by atoms with E-state index in [0.717, 1.165) is 12.5 Å². The van der Waals surface area contributed by atoms with Gasteiger partial charge in [-0.2, -0.15) is 0 Å². The van der Waals surface area contributed by atoms with E-state index in [2.05, 4.69) is 20.8 Å². The normalized spacial score (nSPS) is 30.6. The summed E-state index contributed by atoms with van der Waals surface area (Å²) < 4.78 is 5.89. The zero-order valence-corrected chi connectivity index (χ0v) is 9.83. The van der Waals surface area contributed by atoms with Gasteiger partial charge in [0.15, 0.2) is 0 Å². The average molecular weight is 199 g/mol. The fraction of sp³-hybridized carbons (Fsp3) is 1.00. The Morgan fingerprint density at radius 3 is 2.50 bits per heavy atom. The third-order valence-electron chi connectivity index (χ3n) is 3.39. The minimum absolute atomic E-state index is 0.198. The maximum absolute atomic E-state index is 5.95. The van der Waals surface area contributed by atoms with Gasteiger partial charge in [0, 0.05) is 6.04 Å². The predicted molar refractivity (Wildman–Crippen MR) is 60.2 cm³/mol. The summed E-state index contributed by atoms with van der Waals surface area (Å²) in [6.07, 6.45) is 5.71. The van der Waals surface area contributed by atoms with Gasteiger partial charge in [-0.15, -0.1) is 0 Å². The highest BCUT2D eigenvalue weighted by Crippen LogP contribution is 2.26. The number of nitrogens with two attached hydrogens (primary N) is 1. The molecule has 1 fully saturated rings. The van der Waals surface area contributed by atoms with E-state index in [1.54, 1.807) is 0 Å². The summed E-state index contributed by atoms with van der Waals surface area (Å²) in [5.74, 6) is 1.25. The highest BCUT2D eigenvalue weighted by Gasteiger charge is 2.22. The maximum atomic E-state index is 5.95. The Balaban J connectivity index is 2.22. The number of hydrogen-bond acceptors (Lipinski definition) is 2. The zero-order chi connectivity index (χ0) is 10.6. The lowest BCUT2D eigenvalue weighted by Gasteiger charge is -2.30. The smallest absolute Gasteiger partial charge is 0.0623 e. The van der Waals surface area contributed by atoms with Crippen LogP contribution in [0.25, 0.3) is 0 Å². The molecule has 1 saturated carbocycles. The standard InChI is InChI=1S/C12H25NO/c1-9(2)11(13)8-14-12-7-5-4-6-10(12)3/h9-12H,4-8,13H2,1-3H3. The quantitative estimate of drug-likeness (QED) is 0.755. The van der Waals surface area contributed by atoms with E-state index in [4.69, 9.17) is 10.5 Å². The van der Waals surface area contributed by atoms with Gasteiger partial charge in [-0.3, -0.25) is 0 Å². The molecule has 3 unspecified atom stereocenters. The molecule has 1 aliphatic rings. The Labute approximate surface area is 88.2 Å². The van der Waals surface area contributed by atoms with Crippen molar-refractivity contribution in [2.45, 2.75) is 58.6 Å². The molecule has 0 aliphatic heterocycles. The van der Waals surface area contributed by atoms with Gasteiger partial charge in [-0.05, 0) is 24.7 Å². The first-order valence-corrected chi connectivity index (χ1v) is 5.98. The molecule has 0 aromatic carbocycles. The minimum Gasteiger partial charge on any atom is -0.376 e. The molecule has 0 radical (unpaired) electrons. The van der Waals surface area contributed by atoms with Crippen LogP contribution in [0.15, 0.2) is 0 Å². The second-order valence-electron chi connectivity index (χ2n) is 5.04. The Morgan fingerprint density at radius 1 is 1.29 bits per heavy atom. The fourth-order valence-corrected chi connectivity index (χ4v) is 1.96. The molecule has 14 heavy (non-hydrogen) atoms. The summed E-state index contributed by atoms with van der Waals surface area (Å²) in [6.45, 7) is 7.33. The number of rotatable bonds is 4. The molecule has 2 nitrogen and oxygen atoms in total. The molecule has 0 amide bonds. The van der Waals surface area contributed by atoms with Crippen LogP contribution in [0.3, 0.4) is 0 Å². The summed E-state index contributed by atoms with van der Waals surface area (Å²) in [4.78, 5) is 0. The van der Waals surface area contributed by atoms with Crippen LogP contribution in [0.1, 0.15) is 46.5 Å². The lowest BCUT2D eigenvalue weighted by molar-refractivity contribution is -0.0153. The molecule has 0 aromatic rings. The predicted octanol–water partition coefficient (Wildman–Crippen LogP) is 2.57. The largest absolute Gasteiger partial charge is 0.376 e. The van der Waals surface area contributed by atoms with E-state index in [1.165, 1.54) is 25.7 Å². The van der Waals surface area contributed by atoms with E-state index in [9.17, 15) is 0 Å². The van der Waals surface area contributed by atoms with Gasteiger partial charge in [0.25, 0.3) is 0 Å². The summed E-state index contributed by atoms with van der Waals surface area (Å²) in [5, 5.41) is 0. The molecule has 3 atom stereocenters. The average Bonchev–Trinajstić information content (AvgIpc) is 2.16. The van der Waals surface area contributed by atoms with Crippen LogP contribution in [0.4, 0.5) is 0 Å². The summed E-state index contributed by atoms with van der Waals surface area (Å²) in [7, 11) is 0. The first-order valence-electron chi connectivity index (χ1n) is 5.98. The highest BCUT2D eigenvalue weighted by molar-refractivity contribution is 4.74. The van der Waals surface area contributed by atoms with E-state index in [-0.39, 0.29) is 6.04 Å². The topological polar surface area (TPSA) is 35.2 Å². The molecule has 2 N–H and O–H groups in total. The third-order valence-corrected chi connectivity index (χ3v) is 3.39. The van der Waals surface area contributed by atoms with Crippen LogP contribution in [-0.2, 0) is 4.74 Å². The molecular formula is C12H25NO. The molecule has 0 spiro atoms. The molecular weight excluding hydrogens is 174 g/mol. The molecule has 2 heteroatoms. The lowest BCUT2D eigenvalue weighted by Crippen LogP contribution is -2.36.